The Morgan fingerprint density at radius 2 is 1.88 bits per heavy atom. The normalized spacial score (nSPS) is 16.1. The minimum Gasteiger partial charge on any atom is -0.463 e. The Balaban J connectivity index is 1.29. The lowest BCUT2D eigenvalue weighted by atomic mass is 9.91. The first-order valence-corrected chi connectivity index (χ1v) is 15.1. The molecular formula is C30H46N8O5. The van der Waals surface area contributed by atoms with Crippen molar-refractivity contribution in [2.45, 2.75) is 64.1 Å². The van der Waals surface area contributed by atoms with Gasteiger partial charge in [-0.1, -0.05) is 44.0 Å². The Kier molecular flexibility index (Phi) is 11.9. The second-order valence-corrected chi connectivity index (χ2v) is 11.3. The van der Waals surface area contributed by atoms with Gasteiger partial charge in [-0.2, -0.15) is 9.97 Å². The largest absolute Gasteiger partial charge is 0.463 e. The van der Waals surface area contributed by atoms with Crippen LogP contribution in [0.1, 0.15) is 56.6 Å². The Morgan fingerprint density at radius 1 is 1.12 bits per heavy atom. The lowest BCUT2D eigenvalue weighted by molar-refractivity contribution is -0.190. The van der Waals surface area contributed by atoms with Gasteiger partial charge in [0, 0.05) is 39.6 Å². The molecule has 1 aromatic carbocycles. The van der Waals surface area contributed by atoms with Crippen LogP contribution < -0.4 is 26.6 Å². The molecule has 4 rings (SSSR count). The van der Waals surface area contributed by atoms with E-state index in [-0.39, 0.29) is 23.3 Å². The summed E-state index contributed by atoms with van der Waals surface area (Å²) in [7, 11) is 1.71. The van der Waals surface area contributed by atoms with Gasteiger partial charge >= 0.3 is 6.01 Å². The molecule has 0 aliphatic carbocycles. The van der Waals surface area contributed by atoms with Gasteiger partial charge in [0.05, 0.1) is 32.9 Å². The lowest BCUT2D eigenvalue weighted by Gasteiger charge is -2.54. The number of morpholine rings is 1. The number of ether oxygens (including phenoxy) is 2. The van der Waals surface area contributed by atoms with Crippen molar-refractivity contribution in [1.82, 2.24) is 19.8 Å². The van der Waals surface area contributed by atoms with Crippen LogP contribution in [-0.4, -0.2) is 90.7 Å². The van der Waals surface area contributed by atoms with E-state index >= 15 is 0 Å². The number of aromatic nitrogens is 2. The van der Waals surface area contributed by atoms with Gasteiger partial charge in [-0.3, -0.25) is 19.4 Å². The maximum absolute atomic E-state index is 12.7. The summed E-state index contributed by atoms with van der Waals surface area (Å²) in [6, 6.07) is 8.33. The smallest absolute Gasteiger partial charge is 0.320 e. The van der Waals surface area contributed by atoms with Crippen LogP contribution in [0.2, 0.25) is 0 Å². The van der Waals surface area contributed by atoms with Crippen molar-refractivity contribution in [2.24, 2.45) is 5.90 Å². The Bertz CT molecular complexity index is 1190. The predicted molar refractivity (Wildman–Crippen MR) is 164 cm³/mol. The average Bonchev–Trinajstić information content (AvgIpc) is 2.99. The molecule has 3 heterocycles. The fourth-order valence-electron chi connectivity index (χ4n) is 5.56. The number of benzene rings is 1. The first-order valence-electron chi connectivity index (χ1n) is 15.1. The van der Waals surface area contributed by atoms with Crippen LogP contribution in [0.15, 0.2) is 24.3 Å². The molecule has 0 atom stereocenters. The molecule has 1 spiro atoms. The molecular weight excluding hydrogens is 552 g/mol. The topological polar surface area (TPSA) is 161 Å². The predicted octanol–water partition coefficient (Wildman–Crippen LogP) is 2.31. The Morgan fingerprint density at radius 3 is 2.58 bits per heavy atom. The van der Waals surface area contributed by atoms with E-state index in [1.54, 1.807) is 7.05 Å². The number of carbonyl (C=O) groups is 2. The van der Waals surface area contributed by atoms with E-state index in [0.29, 0.717) is 57.4 Å². The summed E-state index contributed by atoms with van der Waals surface area (Å²) in [5.41, 5.74) is 8.44. The van der Waals surface area contributed by atoms with Crippen LogP contribution in [-0.2, 0) is 32.3 Å². The Hall–Kier alpha value is -3.52. The third-order valence-electron chi connectivity index (χ3n) is 7.84. The van der Waals surface area contributed by atoms with Crippen molar-refractivity contribution in [2.75, 3.05) is 69.0 Å². The van der Waals surface area contributed by atoms with Gasteiger partial charge < -0.3 is 30.3 Å². The lowest BCUT2D eigenvalue weighted by Crippen LogP contribution is -2.70. The highest BCUT2D eigenvalue weighted by atomic mass is 16.6. The van der Waals surface area contributed by atoms with Crippen LogP contribution >= 0.6 is 0 Å². The summed E-state index contributed by atoms with van der Waals surface area (Å²) in [6.07, 6.45) is 5.77. The third kappa shape index (κ3) is 8.75. The molecule has 0 radical (unpaired) electrons. The van der Waals surface area contributed by atoms with Crippen LogP contribution in [0.3, 0.4) is 0 Å². The van der Waals surface area contributed by atoms with Crippen molar-refractivity contribution in [3.8, 4) is 6.01 Å². The molecule has 0 saturated carbocycles. The van der Waals surface area contributed by atoms with E-state index in [9.17, 15) is 9.59 Å². The SMILES string of the molecule is CCCCOc1nc(N)c(NC)c(N(C=O)Cc2ccc(CN3CC4(C3)CN(C(=O)CCCCCON)CCO4)cc2)n1. The van der Waals surface area contributed by atoms with Crippen LogP contribution in [0.25, 0.3) is 0 Å². The molecule has 13 nitrogen and oxygen atoms in total. The van der Waals surface area contributed by atoms with E-state index in [0.717, 1.165) is 69.3 Å². The first kappa shape index (κ1) is 32.4. The number of anilines is 3. The number of rotatable bonds is 17. The summed E-state index contributed by atoms with van der Waals surface area (Å²) < 4.78 is 11.8. The zero-order chi connectivity index (χ0) is 30.7. The number of hydrogen-bond donors (Lipinski definition) is 3. The number of nitrogen functional groups attached to an aromatic ring is 1. The van der Waals surface area contributed by atoms with Gasteiger partial charge in [-0.05, 0) is 30.4 Å². The van der Waals surface area contributed by atoms with E-state index in [4.69, 9.17) is 21.1 Å². The van der Waals surface area contributed by atoms with Crippen LogP contribution in [0, 0.1) is 0 Å². The fraction of sp³-hybridized carbons (Fsp3) is 0.600. The molecule has 1 aromatic heterocycles. The van der Waals surface area contributed by atoms with Gasteiger partial charge in [0.25, 0.3) is 0 Å². The molecule has 2 aromatic rings. The van der Waals surface area contributed by atoms with Gasteiger partial charge in [0.1, 0.15) is 11.3 Å². The first-order chi connectivity index (χ1) is 20.9. The standard InChI is InChI=1S/C30H46N8O5/c1-3-4-14-41-29-34-27(31)26(33-2)28(35-29)38(22-39)18-24-11-9-23(10-12-24)17-36-19-30(20-36)21-37(13-16-42-30)25(40)8-6-5-7-15-43-32/h9-12,22,33H,3-8,13-21,32H2,1-2H3,(H2,31,34,35). The zero-order valence-corrected chi connectivity index (χ0v) is 25.4. The molecule has 236 valence electrons. The number of likely N-dealkylation sites (tertiary alicyclic amines) is 1. The average molecular weight is 599 g/mol. The minimum atomic E-state index is -0.283. The fourth-order valence-corrected chi connectivity index (χ4v) is 5.56. The molecule has 2 saturated heterocycles. The number of amides is 2. The highest BCUT2D eigenvalue weighted by Crippen LogP contribution is 2.32. The van der Waals surface area contributed by atoms with Crippen molar-refractivity contribution in [1.29, 1.82) is 0 Å². The second-order valence-electron chi connectivity index (χ2n) is 11.3. The number of nitrogens with two attached hydrogens (primary N) is 2. The summed E-state index contributed by atoms with van der Waals surface area (Å²) in [5.74, 6) is 5.84. The van der Waals surface area contributed by atoms with E-state index < -0.39 is 0 Å². The number of carbonyl (C=O) groups excluding carboxylic acids is 2. The number of hydrogen-bond acceptors (Lipinski definition) is 11. The molecule has 2 fully saturated rings. The summed E-state index contributed by atoms with van der Waals surface area (Å²) in [4.78, 5) is 43.9. The maximum atomic E-state index is 12.7. The minimum absolute atomic E-state index is 0.151. The molecule has 2 amide bonds. The molecule has 43 heavy (non-hydrogen) atoms. The highest BCUT2D eigenvalue weighted by Gasteiger charge is 2.47. The summed E-state index contributed by atoms with van der Waals surface area (Å²) in [6.45, 7) is 7.61. The molecule has 0 bridgehead atoms. The molecule has 13 heteroatoms. The van der Waals surface area contributed by atoms with Crippen molar-refractivity contribution < 1.29 is 23.9 Å². The number of nitrogens with one attached hydrogen (secondary N) is 1. The quantitative estimate of drug-likeness (QED) is 0.139. The summed E-state index contributed by atoms with van der Waals surface area (Å²) >= 11 is 0. The molecule has 2 aliphatic rings. The van der Waals surface area contributed by atoms with Crippen molar-refractivity contribution in [3.05, 3.63) is 35.4 Å². The molecule has 0 unspecified atom stereocenters. The van der Waals surface area contributed by atoms with Crippen LogP contribution in [0.4, 0.5) is 17.3 Å². The highest BCUT2D eigenvalue weighted by molar-refractivity contribution is 5.85. The summed E-state index contributed by atoms with van der Waals surface area (Å²) in [5, 5.41) is 3.00. The number of unbranched alkanes of at least 4 members (excludes halogenated alkanes) is 3. The van der Waals surface area contributed by atoms with Gasteiger partial charge in [0.2, 0.25) is 12.3 Å². The van der Waals surface area contributed by atoms with Gasteiger partial charge in [0.15, 0.2) is 11.6 Å². The second kappa shape index (κ2) is 15.8. The monoisotopic (exact) mass is 598 g/mol. The van der Waals surface area contributed by atoms with Gasteiger partial charge in [-0.15, -0.1) is 0 Å². The molecule has 2 aliphatic heterocycles. The third-order valence-corrected chi connectivity index (χ3v) is 7.84. The number of nitrogens with zero attached hydrogens (tertiary/aromatic N) is 5. The van der Waals surface area contributed by atoms with E-state index in [1.807, 2.05) is 17.0 Å². The maximum Gasteiger partial charge on any atom is 0.320 e. The van der Waals surface area contributed by atoms with Gasteiger partial charge in [-0.25, -0.2) is 5.90 Å². The molecule has 5 N–H and O–H groups in total. The van der Waals surface area contributed by atoms with Crippen molar-refractivity contribution in [3.63, 3.8) is 0 Å². The van der Waals surface area contributed by atoms with Crippen molar-refractivity contribution >= 4 is 29.6 Å². The van der Waals surface area contributed by atoms with E-state index in [2.05, 4.69) is 44.1 Å². The van der Waals surface area contributed by atoms with E-state index in [1.165, 1.54) is 4.90 Å². The zero-order valence-electron chi connectivity index (χ0n) is 25.4. The Labute approximate surface area is 253 Å². The van der Waals surface area contributed by atoms with Crippen LogP contribution in [0.5, 0.6) is 6.01 Å².